The van der Waals surface area contributed by atoms with E-state index in [1.165, 1.54) is 0 Å². The van der Waals surface area contributed by atoms with Gasteiger partial charge < -0.3 is 10.2 Å². The molecule has 1 fully saturated rings. The van der Waals surface area contributed by atoms with E-state index in [0.717, 1.165) is 18.7 Å². The molecule has 15 heavy (non-hydrogen) atoms. The monoisotopic (exact) mass is 206 g/mol. The number of rotatable bonds is 5. The zero-order chi connectivity index (χ0) is 10.7. The second-order valence-electron chi connectivity index (χ2n) is 3.47. The minimum absolute atomic E-state index is 0.436. The van der Waals surface area contributed by atoms with Crippen LogP contribution in [0, 0.1) is 0 Å². The number of hydrogen-bond donors (Lipinski definition) is 2. The predicted molar refractivity (Wildman–Crippen MR) is 57.5 cm³/mol. The topological polar surface area (TPSA) is 73.1 Å². The Morgan fingerprint density at radius 2 is 2.40 bits per heavy atom. The van der Waals surface area contributed by atoms with Crippen LogP contribution < -0.4 is 16.0 Å². The van der Waals surface area contributed by atoms with E-state index in [4.69, 9.17) is 10.6 Å². The van der Waals surface area contributed by atoms with E-state index < -0.39 is 0 Å². The van der Waals surface area contributed by atoms with E-state index in [1.807, 2.05) is 0 Å². The molecule has 0 radical (unpaired) electrons. The molecule has 0 spiro atoms. The van der Waals surface area contributed by atoms with Crippen molar-refractivity contribution in [3.8, 4) is 5.88 Å². The number of nitrogen functional groups attached to an aromatic ring is 1. The highest BCUT2D eigenvalue weighted by molar-refractivity contribution is 5.38. The Morgan fingerprint density at radius 3 is 3.00 bits per heavy atom. The quantitative estimate of drug-likeness (QED) is 0.430. The molecule has 1 aromatic rings. The molecule has 1 aliphatic rings. The first-order valence-electron chi connectivity index (χ1n) is 4.92. The van der Waals surface area contributed by atoms with Gasteiger partial charge in [-0.25, -0.2) is 10.8 Å². The number of hydrazine groups is 1. The van der Waals surface area contributed by atoms with E-state index in [1.54, 1.807) is 12.1 Å². The third-order valence-electron chi connectivity index (χ3n) is 2.16. The fourth-order valence-electron chi connectivity index (χ4n) is 1.26. The zero-order valence-corrected chi connectivity index (χ0v) is 8.44. The Morgan fingerprint density at radius 1 is 1.60 bits per heavy atom. The first-order chi connectivity index (χ1) is 7.33. The molecule has 0 aliphatic heterocycles. The molecule has 5 nitrogen and oxygen atoms in total. The van der Waals surface area contributed by atoms with Crippen LogP contribution >= 0.6 is 0 Å². The van der Waals surface area contributed by atoms with Crippen LogP contribution in [-0.4, -0.2) is 16.6 Å². The number of anilines is 1. The highest BCUT2D eigenvalue weighted by atomic mass is 16.5. The lowest BCUT2D eigenvalue weighted by atomic mass is 10.4. The Balaban J connectivity index is 2.20. The summed E-state index contributed by atoms with van der Waals surface area (Å²) >= 11 is 0. The third kappa shape index (κ3) is 2.44. The van der Waals surface area contributed by atoms with Gasteiger partial charge in [0.05, 0.1) is 0 Å². The molecule has 3 N–H and O–H groups in total. The smallest absolute Gasteiger partial charge is 0.219 e. The van der Waals surface area contributed by atoms with Crippen LogP contribution in [0.4, 0.5) is 5.82 Å². The van der Waals surface area contributed by atoms with Crippen LogP contribution in [0.3, 0.4) is 0 Å². The molecule has 0 amide bonds. The van der Waals surface area contributed by atoms with Crippen LogP contribution in [0.5, 0.6) is 5.88 Å². The Kier molecular flexibility index (Phi) is 2.82. The second-order valence-corrected chi connectivity index (χ2v) is 3.47. The van der Waals surface area contributed by atoms with Gasteiger partial charge in [0, 0.05) is 12.0 Å². The van der Waals surface area contributed by atoms with Gasteiger partial charge >= 0.3 is 0 Å². The zero-order valence-electron chi connectivity index (χ0n) is 8.44. The molecule has 1 heterocycles. The summed E-state index contributed by atoms with van der Waals surface area (Å²) in [5.74, 6) is 7.74. The summed E-state index contributed by atoms with van der Waals surface area (Å²) in [5.41, 5.74) is 2.51. The Hall–Kier alpha value is -1.62. The number of ether oxygens (including phenoxy) is 1. The minimum atomic E-state index is 0.436. The van der Waals surface area contributed by atoms with E-state index in [2.05, 4.69) is 22.0 Å². The third-order valence-corrected chi connectivity index (χ3v) is 2.16. The van der Waals surface area contributed by atoms with Crippen LogP contribution in [0.15, 0.2) is 18.7 Å². The first kappa shape index (κ1) is 9.92. The van der Waals surface area contributed by atoms with Crippen molar-refractivity contribution in [1.82, 2.24) is 9.97 Å². The van der Waals surface area contributed by atoms with Gasteiger partial charge in [0.25, 0.3) is 0 Å². The molecule has 0 saturated heterocycles. The summed E-state index contributed by atoms with van der Waals surface area (Å²) < 4.78 is 5.35. The molecule has 80 valence electrons. The van der Waals surface area contributed by atoms with Crippen LogP contribution in [0.1, 0.15) is 24.6 Å². The van der Waals surface area contributed by atoms with Crippen molar-refractivity contribution in [2.24, 2.45) is 5.84 Å². The number of nitrogens with one attached hydrogen (secondary N) is 1. The second kappa shape index (κ2) is 4.27. The molecule has 0 unspecified atom stereocenters. The average molecular weight is 206 g/mol. The first-order valence-corrected chi connectivity index (χ1v) is 4.92. The fourth-order valence-corrected chi connectivity index (χ4v) is 1.26. The van der Waals surface area contributed by atoms with Crippen molar-refractivity contribution in [2.75, 3.05) is 12.0 Å². The Bertz CT molecular complexity index is 362. The highest BCUT2D eigenvalue weighted by Gasteiger charge is 2.27. The molecule has 5 heteroatoms. The molecule has 2 rings (SSSR count). The van der Waals surface area contributed by atoms with E-state index in [-0.39, 0.29) is 0 Å². The van der Waals surface area contributed by atoms with Crippen molar-refractivity contribution >= 4 is 5.82 Å². The van der Waals surface area contributed by atoms with Gasteiger partial charge in [-0.3, -0.25) is 0 Å². The number of nitrogens with zero attached hydrogens (tertiary/aromatic N) is 2. The lowest BCUT2D eigenvalue weighted by Crippen LogP contribution is -2.11. The van der Waals surface area contributed by atoms with Gasteiger partial charge in [0.1, 0.15) is 18.2 Å². The number of nitrogens with two attached hydrogens (primary N) is 1. The molecule has 1 aromatic heterocycles. The van der Waals surface area contributed by atoms with Crippen molar-refractivity contribution in [1.29, 1.82) is 0 Å². The predicted octanol–water partition coefficient (Wildman–Crippen LogP) is 1.20. The minimum Gasteiger partial charge on any atom is -0.473 e. The van der Waals surface area contributed by atoms with Crippen molar-refractivity contribution < 1.29 is 4.74 Å². The average Bonchev–Trinajstić information content (AvgIpc) is 3.09. The highest BCUT2D eigenvalue weighted by Crippen LogP contribution is 2.38. The maximum atomic E-state index is 5.35. The maximum Gasteiger partial charge on any atom is 0.219 e. The van der Waals surface area contributed by atoms with Crippen LogP contribution in [0.2, 0.25) is 0 Å². The summed E-state index contributed by atoms with van der Waals surface area (Å²) in [6.45, 7) is 4.02. The molecule has 0 atom stereocenters. The molecular formula is C10H14N4O. The van der Waals surface area contributed by atoms with Crippen molar-refractivity contribution in [3.63, 3.8) is 0 Å². The molecule has 1 aliphatic carbocycles. The summed E-state index contributed by atoms with van der Waals surface area (Å²) in [4.78, 5) is 8.57. The van der Waals surface area contributed by atoms with Crippen molar-refractivity contribution in [3.05, 3.63) is 24.5 Å². The maximum absolute atomic E-state index is 5.35. The Labute approximate surface area is 88.3 Å². The number of hydrogen-bond acceptors (Lipinski definition) is 5. The van der Waals surface area contributed by atoms with Crippen LogP contribution in [0.25, 0.3) is 0 Å². The largest absolute Gasteiger partial charge is 0.473 e. The normalized spacial score (nSPS) is 14.7. The van der Waals surface area contributed by atoms with E-state index in [9.17, 15) is 0 Å². The SMILES string of the molecule is C=CCOc1cc(NN)nc(C2CC2)n1. The summed E-state index contributed by atoms with van der Waals surface area (Å²) in [6, 6.07) is 1.68. The summed E-state index contributed by atoms with van der Waals surface area (Å²) in [5, 5.41) is 0. The molecule has 0 aromatic carbocycles. The van der Waals surface area contributed by atoms with Crippen molar-refractivity contribution in [2.45, 2.75) is 18.8 Å². The van der Waals surface area contributed by atoms with Gasteiger partial charge in [0.2, 0.25) is 5.88 Å². The lowest BCUT2D eigenvalue weighted by molar-refractivity contribution is 0.346. The van der Waals surface area contributed by atoms with Gasteiger partial charge in [-0.15, -0.1) is 0 Å². The van der Waals surface area contributed by atoms with E-state index >= 15 is 0 Å². The molecule has 1 saturated carbocycles. The fraction of sp³-hybridized carbons (Fsp3) is 0.400. The lowest BCUT2D eigenvalue weighted by Gasteiger charge is -2.07. The van der Waals surface area contributed by atoms with Gasteiger partial charge in [-0.1, -0.05) is 12.7 Å². The van der Waals surface area contributed by atoms with Gasteiger partial charge in [-0.2, -0.15) is 4.98 Å². The molecular weight excluding hydrogens is 192 g/mol. The standard InChI is InChI=1S/C10H14N4O/c1-2-5-15-9-6-8(14-11)12-10(13-9)7-3-4-7/h2,6-7H,1,3-5,11H2,(H,12,13,14). The van der Waals surface area contributed by atoms with Gasteiger partial charge in [0.15, 0.2) is 0 Å². The molecule has 0 bridgehead atoms. The van der Waals surface area contributed by atoms with Crippen LogP contribution in [-0.2, 0) is 0 Å². The van der Waals surface area contributed by atoms with Gasteiger partial charge in [-0.05, 0) is 12.8 Å². The van der Waals surface area contributed by atoms with E-state index in [0.29, 0.717) is 24.2 Å². The number of aromatic nitrogens is 2. The summed E-state index contributed by atoms with van der Waals surface area (Å²) in [6.07, 6.45) is 3.97. The summed E-state index contributed by atoms with van der Waals surface area (Å²) in [7, 11) is 0.